The molecule has 0 saturated heterocycles. The molecule has 3 rings (SSSR count). The first-order valence-corrected chi connectivity index (χ1v) is 7.32. The second-order valence-electron chi connectivity index (χ2n) is 4.42. The van der Waals surface area contributed by atoms with Gasteiger partial charge >= 0.3 is 0 Å². The summed E-state index contributed by atoms with van der Waals surface area (Å²) in [6, 6.07) is 16.7. The van der Waals surface area contributed by atoms with E-state index in [1.165, 1.54) is 0 Å². The van der Waals surface area contributed by atoms with Gasteiger partial charge in [0.1, 0.15) is 0 Å². The van der Waals surface area contributed by atoms with E-state index in [4.69, 9.17) is 34.8 Å². The lowest BCUT2D eigenvalue weighted by Crippen LogP contribution is -1.91. The molecule has 21 heavy (non-hydrogen) atoms. The molecule has 0 atom stereocenters. The molecule has 3 aromatic rings. The Morgan fingerprint density at radius 1 is 0.571 bits per heavy atom. The van der Waals surface area contributed by atoms with E-state index in [1.807, 2.05) is 54.6 Å². The zero-order valence-electron chi connectivity index (χ0n) is 10.7. The van der Waals surface area contributed by atoms with E-state index in [0.717, 1.165) is 22.5 Å². The predicted molar refractivity (Wildman–Crippen MR) is 87.9 cm³/mol. The van der Waals surface area contributed by atoms with Crippen molar-refractivity contribution in [2.45, 2.75) is 0 Å². The van der Waals surface area contributed by atoms with E-state index in [2.05, 4.69) is 9.97 Å². The first-order chi connectivity index (χ1) is 10.1. The number of rotatable bonds is 2. The Hall–Kier alpha value is -1.61. The maximum absolute atomic E-state index is 6.04. The van der Waals surface area contributed by atoms with Gasteiger partial charge in [-0.25, -0.2) is 9.97 Å². The second kappa shape index (κ2) is 6.02. The van der Waals surface area contributed by atoms with Crippen molar-refractivity contribution in [1.29, 1.82) is 0 Å². The summed E-state index contributed by atoms with van der Waals surface area (Å²) < 4.78 is 0. The van der Waals surface area contributed by atoms with Crippen molar-refractivity contribution >= 4 is 34.8 Å². The third kappa shape index (κ3) is 3.35. The molecule has 104 valence electrons. The smallest absolute Gasteiger partial charge is 0.218 e. The van der Waals surface area contributed by atoms with Gasteiger partial charge in [-0.05, 0) is 41.9 Å². The minimum Gasteiger partial charge on any atom is -0.218 e. The maximum atomic E-state index is 6.04. The maximum Gasteiger partial charge on any atom is 0.223 e. The van der Waals surface area contributed by atoms with Crippen LogP contribution in [0.2, 0.25) is 15.3 Å². The molecule has 0 bridgehead atoms. The molecule has 0 aliphatic heterocycles. The Balaban J connectivity index is 2.07. The largest absolute Gasteiger partial charge is 0.223 e. The van der Waals surface area contributed by atoms with Crippen LogP contribution in [-0.2, 0) is 0 Å². The summed E-state index contributed by atoms with van der Waals surface area (Å²) in [5, 5.41) is 1.56. The van der Waals surface area contributed by atoms with Crippen LogP contribution in [0.5, 0.6) is 0 Å². The van der Waals surface area contributed by atoms with E-state index in [1.54, 1.807) is 0 Å². The molecule has 0 aliphatic carbocycles. The minimum absolute atomic E-state index is 0.201. The standard InChI is InChI=1S/C16H9Cl3N2/c17-12-5-1-10(2-6-12)14-9-15(21-16(19)20-14)11-3-7-13(18)8-4-11/h1-9H. The zero-order chi connectivity index (χ0) is 14.8. The van der Waals surface area contributed by atoms with Crippen LogP contribution in [0.1, 0.15) is 0 Å². The summed E-state index contributed by atoms with van der Waals surface area (Å²) in [4.78, 5) is 8.52. The summed E-state index contributed by atoms with van der Waals surface area (Å²) in [6.07, 6.45) is 0. The van der Waals surface area contributed by atoms with E-state index in [0.29, 0.717) is 10.0 Å². The normalized spacial score (nSPS) is 10.6. The molecule has 0 aliphatic rings. The van der Waals surface area contributed by atoms with Gasteiger partial charge in [-0.1, -0.05) is 47.5 Å². The number of aromatic nitrogens is 2. The number of halogens is 3. The molecule has 0 spiro atoms. The lowest BCUT2D eigenvalue weighted by molar-refractivity contribution is 1.18. The van der Waals surface area contributed by atoms with Crippen molar-refractivity contribution in [3.8, 4) is 22.5 Å². The summed E-state index contributed by atoms with van der Waals surface area (Å²) >= 11 is 17.8. The average molecular weight is 336 g/mol. The van der Waals surface area contributed by atoms with E-state index >= 15 is 0 Å². The lowest BCUT2D eigenvalue weighted by atomic mass is 10.1. The fraction of sp³-hybridized carbons (Fsp3) is 0. The molecule has 1 heterocycles. The highest BCUT2D eigenvalue weighted by atomic mass is 35.5. The van der Waals surface area contributed by atoms with Gasteiger partial charge in [0.2, 0.25) is 5.28 Å². The minimum atomic E-state index is 0.201. The van der Waals surface area contributed by atoms with Gasteiger partial charge in [0.15, 0.2) is 0 Å². The Kier molecular flexibility index (Phi) is 4.11. The molecule has 5 heteroatoms. The Bertz CT molecular complexity index is 705. The van der Waals surface area contributed by atoms with Gasteiger partial charge in [0, 0.05) is 21.2 Å². The molecule has 0 N–H and O–H groups in total. The third-order valence-corrected chi connectivity index (χ3v) is 3.65. The van der Waals surface area contributed by atoms with Gasteiger partial charge in [-0.3, -0.25) is 0 Å². The van der Waals surface area contributed by atoms with Crippen molar-refractivity contribution in [3.63, 3.8) is 0 Å². The van der Waals surface area contributed by atoms with E-state index in [-0.39, 0.29) is 5.28 Å². The molecule has 2 aromatic carbocycles. The Labute approximate surface area is 137 Å². The molecular weight excluding hydrogens is 327 g/mol. The third-order valence-electron chi connectivity index (χ3n) is 2.98. The summed E-state index contributed by atoms with van der Waals surface area (Å²) in [5.74, 6) is 0. The second-order valence-corrected chi connectivity index (χ2v) is 5.63. The highest BCUT2D eigenvalue weighted by Crippen LogP contribution is 2.26. The van der Waals surface area contributed by atoms with Crippen LogP contribution in [0, 0.1) is 0 Å². The zero-order valence-corrected chi connectivity index (χ0v) is 13.0. The molecule has 0 unspecified atom stereocenters. The first kappa shape index (κ1) is 14.3. The Morgan fingerprint density at radius 2 is 0.952 bits per heavy atom. The van der Waals surface area contributed by atoms with Crippen molar-refractivity contribution in [2.24, 2.45) is 0 Å². The highest BCUT2D eigenvalue weighted by molar-refractivity contribution is 6.31. The van der Waals surface area contributed by atoms with Gasteiger partial charge in [0.25, 0.3) is 0 Å². The molecule has 0 radical (unpaired) electrons. The fourth-order valence-electron chi connectivity index (χ4n) is 1.95. The molecule has 0 saturated carbocycles. The molecule has 1 aromatic heterocycles. The van der Waals surface area contributed by atoms with Crippen LogP contribution in [0.15, 0.2) is 54.6 Å². The van der Waals surface area contributed by atoms with Gasteiger partial charge in [-0.15, -0.1) is 0 Å². The number of nitrogens with zero attached hydrogens (tertiary/aromatic N) is 2. The number of benzene rings is 2. The fourth-order valence-corrected chi connectivity index (χ4v) is 2.39. The number of hydrogen-bond acceptors (Lipinski definition) is 2. The molecule has 0 fully saturated rings. The summed E-state index contributed by atoms with van der Waals surface area (Å²) in [5.41, 5.74) is 3.35. The van der Waals surface area contributed by atoms with Crippen molar-refractivity contribution in [2.75, 3.05) is 0 Å². The van der Waals surface area contributed by atoms with Crippen molar-refractivity contribution in [1.82, 2.24) is 9.97 Å². The van der Waals surface area contributed by atoms with E-state index in [9.17, 15) is 0 Å². The number of hydrogen-bond donors (Lipinski definition) is 0. The van der Waals surface area contributed by atoms with E-state index < -0.39 is 0 Å². The lowest BCUT2D eigenvalue weighted by Gasteiger charge is -2.06. The van der Waals surface area contributed by atoms with Crippen LogP contribution in [0.4, 0.5) is 0 Å². The van der Waals surface area contributed by atoms with Crippen molar-refractivity contribution in [3.05, 3.63) is 69.9 Å². The van der Waals surface area contributed by atoms with Crippen LogP contribution < -0.4 is 0 Å². The van der Waals surface area contributed by atoms with Crippen LogP contribution in [0.25, 0.3) is 22.5 Å². The van der Waals surface area contributed by atoms with Crippen LogP contribution >= 0.6 is 34.8 Å². The average Bonchev–Trinajstić information content (AvgIpc) is 2.48. The molecule has 0 amide bonds. The quantitative estimate of drug-likeness (QED) is 0.555. The molecule has 2 nitrogen and oxygen atoms in total. The summed E-state index contributed by atoms with van der Waals surface area (Å²) in [7, 11) is 0. The molecular formula is C16H9Cl3N2. The predicted octanol–water partition coefficient (Wildman–Crippen LogP) is 5.77. The van der Waals surface area contributed by atoms with Crippen LogP contribution in [0.3, 0.4) is 0 Å². The highest BCUT2D eigenvalue weighted by Gasteiger charge is 2.07. The van der Waals surface area contributed by atoms with Gasteiger partial charge in [0.05, 0.1) is 11.4 Å². The van der Waals surface area contributed by atoms with Gasteiger partial charge in [-0.2, -0.15) is 0 Å². The van der Waals surface area contributed by atoms with Crippen LogP contribution in [-0.4, -0.2) is 9.97 Å². The Morgan fingerprint density at radius 3 is 1.33 bits per heavy atom. The topological polar surface area (TPSA) is 25.8 Å². The summed E-state index contributed by atoms with van der Waals surface area (Å²) in [6.45, 7) is 0. The first-order valence-electron chi connectivity index (χ1n) is 6.18. The van der Waals surface area contributed by atoms with Gasteiger partial charge < -0.3 is 0 Å². The van der Waals surface area contributed by atoms with Crippen molar-refractivity contribution < 1.29 is 0 Å². The monoisotopic (exact) mass is 334 g/mol. The SMILES string of the molecule is Clc1ccc(-c2cc(-c3ccc(Cl)cc3)nc(Cl)n2)cc1.